The Morgan fingerprint density at radius 1 is 1.04 bits per heavy atom. The van der Waals surface area contributed by atoms with E-state index in [1.807, 2.05) is 18.2 Å². The van der Waals surface area contributed by atoms with Crippen LogP contribution in [-0.2, 0) is 6.54 Å². The Bertz CT molecular complexity index is 961. The third-order valence-electron chi connectivity index (χ3n) is 4.07. The molecule has 3 aromatic rings. The minimum atomic E-state index is -0.576. The van der Waals surface area contributed by atoms with Crippen molar-refractivity contribution in [3.05, 3.63) is 77.7 Å². The number of ether oxygens (including phenoxy) is 2. The van der Waals surface area contributed by atoms with Gasteiger partial charge in [-0.1, -0.05) is 18.2 Å². The SMILES string of the molecule is COc1ccc(CNc2ccc(NC(=O)c3ccccc3F)nc2)cc1OC. The van der Waals surface area contributed by atoms with Gasteiger partial charge in [-0.05, 0) is 42.0 Å². The standard InChI is InChI=1S/C21H20FN3O3/c1-27-18-9-7-14(11-19(18)28-2)12-23-15-8-10-20(24-13-15)25-21(26)16-5-3-4-6-17(16)22/h3-11,13,23H,12H2,1-2H3,(H,24,25,26). The fourth-order valence-corrected chi connectivity index (χ4v) is 2.60. The number of amides is 1. The summed E-state index contributed by atoms with van der Waals surface area (Å²) in [6, 6.07) is 14.9. The summed E-state index contributed by atoms with van der Waals surface area (Å²) in [6.07, 6.45) is 1.59. The summed E-state index contributed by atoms with van der Waals surface area (Å²) >= 11 is 0. The molecule has 0 aliphatic rings. The fraction of sp³-hybridized carbons (Fsp3) is 0.143. The van der Waals surface area contributed by atoms with Crippen molar-refractivity contribution < 1.29 is 18.7 Å². The lowest BCUT2D eigenvalue weighted by atomic mass is 10.2. The van der Waals surface area contributed by atoms with Gasteiger partial charge in [0.15, 0.2) is 11.5 Å². The van der Waals surface area contributed by atoms with Crippen molar-refractivity contribution in [2.75, 3.05) is 24.9 Å². The number of anilines is 2. The fourth-order valence-electron chi connectivity index (χ4n) is 2.60. The second kappa shape index (κ2) is 8.85. The molecular weight excluding hydrogens is 361 g/mol. The molecule has 0 aliphatic heterocycles. The van der Waals surface area contributed by atoms with E-state index in [1.54, 1.807) is 38.6 Å². The van der Waals surface area contributed by atoms with Crippen LogP contribution in [0.4, 0.5) is 15.9 Å². The summed E-state index contributed by atoms with van der Waals surface area (Å²) < 4.78 is 24.2. The molecule has 0 saturated carbocycles. The smallest absolute Gasteiger partial charge is 0.259 e. The average molecular weight is 381 g/mol. The Hall–Kier alpha value is -3.61. The summed E-state index contributed by atoms with van der Waals surface area (Å²) in [4.78, 5) is 16.3. The van der Waals surface area contributed by atoms with E-state index >= 15 is 0 Å². The largest absolute Gasteiger partial charge is 0.493 e. The number of halogens is 1. The lowest BCUT2D eigenvalue weighted by molar-refractivity contribution is 0.102. The number of carbonyl (C=O) groups is 1. The van der Waals surface area contributed by atoms with E-state index < -0.39 is 11.7 Å². The first-order valence-electron chi connectivity index (χ1n) is 8.57. The molecule has 0 radical (unpaired) electrons. The Morgan fingerprint density at radius 3 is 2.50 bits per heavy atom. The van der Waals surface area contributed by atoms with Gasteiger partial charge in [0.2, 0.25) is 0 Å². The number of benzene rings is 2. The van der Waals surface area contributed by atoms with Crippen molar-refractivity contribution in [2.45, 2.75) is 6.54 Å². The van der Waals surface area contributed by atoms with Crippen LogP contribution in [0, 0.1) is 5.82 Å². The average Bonchev–Trinajstić information content (AvgIpc) is 2.73. The Kier molecular flexibility index (Phi) is 6.06. The molecule has 0 bridgehead atoms. The van der Waals surface area contributed by atoms with Crippen LogP contribution < -0.4 is 20.1 Å². The quantitative estimate of drug-likeness (QED) is 0.645. The van der Waals surface area contributed by atoms with E-state index in [1.165, 1.54) is 18.2 Å². The monoisotopic (exact) mass is 381 g/mol. The van der Waals surface area contributed by atoms with Gasteiger partial charge in [0, 0.05) is 6.54 Å². The van der Waals surface area contributed by atoms with Crippen LogP contribution in [-0.4, -0.2) is 25.1 Å². The third kappa shape index (κ3) is 4.56. The van der Waals surface area contributed by atoms with E-state index in [0.717, 1.165) is 11.3 Å². The van der Waals surface area contributed by atoms with Crippen molar-refractivity contribution in [1.29, 1.82) is 0 Å². The zero-order valence-electron chi connectivity index (χ0n) is 15.5. The molecule has 3 rings (SSSR count). The van der Waals surface area contributed by atoms with Crippen molar-refractivity contribution in [2.24, 2.45) is 0 Å². The second-order valence-corrected chi connectivity index (χ2v) is 5.91. The highest BCUT2D eigenvalue weighted by Crippen LogP contribution is 2.27. The molecule has 0 fully saturated rings. The van der Waals surface area contributed by atoms with E-state index in [9.17, 15) is 9.18 Å². The predicted octanol–water partition coefficient (Wildman–Crippen LogP) is 4.10. The maximum absolute atomic E-state index is 13.7. The van der Waals surface area contributed by atoms with Crippen LogP contribution in [0.15, 0.2) is 60.8 Å². The first kappa shape index (κ1) is 19.2. The molecular formula is C21H20FN3O3. The normalized spacial score (nSPS) is 10.2. The summed E-state index contributed by atoms with van der Waals surface area (Å²) in [7, 11) is 3.18. The molecule has 144 valence electrons. The van der Waals surface area contributed by atoms with Gasteiger partial charge >= 0.3 is 0 Å². The van der Waals surface area contributed by atoms with Gasteiger partial charge in [0.05, 0.1) is 31.7 Å². The third-order valence-corrected chi connectivity index (χ3v) is 4.07. The predicted molar refractivity (Wildman–Crippen MR) is 105 cm³/mol. The number of hydrogen-bond donors (Lipinski definition) is 2. The van der Waals surface area contributed by atoms with Crippen LogP contribution in [0.1, 0.15) is 15.9 Å². The minimum absolute atomic E-state index is 0.0278. The molecule has 0 atom stereocenters. The Balaban J connectivity index is 1.60. The molecule has 7 heteroatoms. The van der Waals surface area contributed by atoms with Crippen LogP contribution >= 0.6 is 0 Å². The number of hydrogen-bond acceptors (Lipinski definition) is 5. The number of nitrogens with zero attached hydrogens (tertiary/aromatic N) is 1. The van der Waals surface area contributed by atoms with Crippen LogP contribution in [0.2, 0.25) is 0 Å². The van der Waals surface area contributed by atoms with Gasteiger partial charge in [-0.25, -0.2) is 9.37 Å². The zero-order chi connectivity index (χ0) is 19.9. The molecule has 28 heavy (non-hydrogen) atoms. The zero-order valence-corrected chi connectivity index (χ0v) is 15.5. The molecule has 1 aromatic heterocycles. The molecule has 1 amide bonds. The number of nitrogens with one attached hydrogen (secondary N) is 2. The highest BCUT2D eigenvalue weighted by molar-refractivity contribution is 6.03. The van der Waals surface area contributed by atoms with Crippen LogP contribution in [0.5, 0.6) is 11.5 Å². The van der Waals surface area contributed by atoms with E-state index in [-0.39, 0.29) is 5.56 Å². The van der Waals surface area contributed by atoms with Crippen LogP contribution in [0.25, 0.3) is 0 Å². The lowest BCUT2D eigenvalue weighted by Crippen LogP contribution is -2.14. The molecule has 0 spiro atoms. The van der Waals surface area contributed by atoms with E-state index in [0.29, 0.717) is 23.9 Å². The Morgan fingerprint density at radius 2 is 1.82 bits per heavy atom. The minimum Gasteiger partial charge on any atom is -0.493 e. The molecule has 2 N–H and O–H groups in total. The topological polar surface area (TPSA) is 72.5 Å². The maximum Gasteiger partial charge on any atom is 0.259 e. The molecule has 0 saturated heterocycles. The summed E-state index contributed by atoms with van der Waals surface area (Å²) in [6.45, 7) is 0.558. The first-order chi connectivity index (χ1) is 13.6. The molecule has 0 unspecified atom stereocenters. The summed E-state index contributed by atoms with van der Waals surface area (Å²) in [5.74, 6) is 0.545. The van der Waals surface area contributed by atoms with Crippen molar-refractivity contribution in [3.63, 3.8) is 0 Å². The van der Waals surface area contributed by atoms with E-state index in [4.69, 9.17) is 9.47 Å². The van der Waals surface area contributed by atoms with Crippen molar-refractivity contribution in [1.82, 2.24) is 4.98 Å². The van der Waals surface area contributed by atoms with Crippen molar-refractivity contribution >= 4 is 17.4 Å². The van der Waals surface area contributed by atoms with Gasteiger partial charge < -0.3 is 20.1 Å². The number of rotatable bonds is 7. The number of carbonyl (C=O) groups excluding carboxylic acids is 1. The number of methoxy groups -OCH3 is 2. The van der Waals surface area contributed by atoms with Gasteiger partial charge in [0.1, 0.15) is 11.6 Å². The summed E-state index contributed by atoms with van der Waals surface area (Å²) in [5.41, 5.74) is 1.76. The van der Waals surface area contributed by atoms with Crippen molar-refractivity contribution in [3.8, 4) is 11.5 Å². The summed E-state index contributed by atoms with van der Waals surface area (Å²) in [5, 5.41) is 5.82. The van der Waals surface area contributed by atoms with E-state index in [2.05, 4.69) is 15.6 Å². The molecule has 0 aliphatic carbocycles. The van der Waals surface area contributed by atoms with Gasteiger partial charge in [-0.15, -0.1) is 0 Å². The Labute approximate surface area is 162 Å². The second-order valence-electron chi connectivity index (χ2n) is 5.91. The van der Waals surface area contributed by atoms with Crippen LogP contribution in [0.3, 0.4) is 0 Å². The molecule has 6 nitrogen and oxygen atoms in total. The van der Waals surface area contributed by atoms with Gasteiger partial charge in [0.25, 0.3) is 5.91 Å². The number of pyridine rings is 1. The highest BCUT2D eigenvalue weighted by atomic mass is 19.1. The lowest BCUT2D eigenvalue weighted by Gasteiger charge is -2.11. The number of aromatic nitrogens is 1. The molecule has 2 aromatic carbocycles. The van der Waals surface area contributed by atoms with Gasteiger partial charge in [-0.3, -0.25) is 4.79 Å². The molecule has 1 heterocycles. The maximum atomic E-state index is 13.7. The highest BCUT2D eigenvalue weighted by Gasteiger charge is 2.11. The first-order valence-corrected chi connectivity index (χ1v) is 8.57. The van der Waals surface area contributed by atoms with Gasteiger partial charge in [-0.2, -0.15) is 0 Å².